The Labute approximate surface area is 198 Å². The maximum absolute atomic E-state index is 12.7. The van der Waals surface area contributed by atoms with Crippen LogP contribution in [-0.2, 0) is 15.1 Å². The first-order valence-electron chi connectivity index (χ1n) is 11.0. The fourth-order valence-electron chi connectivity index (χ4n) is 4.47. The van der Waals surface area contributed by atoms with Crippen LogP contribution in [-0.4, -0.2) is 28.2 Å². The molecule has 34 heavy (non-hydrogen) atoms. The van der Waals surface area contributed by atoms with Gasteiger partial charge in [0.1, 0.15) is 12.0 Å². The molecule has 0 heterocycles. The maximum atomic E-state index is 12.7. The minimum absolute atomic E-state index is 0.415. The summed E-state index contributed by atoms with van der Waals surface area (Å²) in [6.07, 6.45) is 0. The van der Waals surface area contributed by atoms with E-state index in [4.69, 9.17) is 0 Å². The van der Waals surface area contributed by atoms with Gasteiger partial charge in [-0.05, 0) is 22.3 Å². The highest BCUT2D eigenvalue weighted by Crippen LogP contribution is 2.38. The second-order valence-electron chi connectivity index (χ2n) is 8.03. The molecule has 0 fully saturated rings. The molecule has 0 radical (unpaired) electrons. The fourth-order valence-corrected chi connectivity index (χ4v) is 4.47. The zero-order chi connectivity index (χ0) is 24.0. The van der Waals surface area contributed by atoms with E-state index in [1.807, 2.05) is 91.0 Å². The average Bonchev–Trinajstić information content (AvgIpc) is 2.88. The number of carboxylic acids is 2. The van der Waals surface area contributed by atoms with Gasteiger partial charge in [0.25, 0.3) is 0 Å². The van der Waals surface area contributed by atoms with Gasteiger partial charge in [0, 0.05) is 0 Å². The van der Waals surface area contributed by atoms with Crippen molar-refractivity contribution in [1.29, 1.82) is 0 Å². The van der Waals surface area contributed by atoms with E-state index in [-0.39, 0.29) is 0 Å². The van der Waals surface area contributed by atoms with E-state index >= 15 is 0 Å². The molecule has 0 bridgehead atoms. The van der Waals surface area contributed by atoms with Crippen molar-refractivity contribution in [3.8, 4) is 0 Å². The van der Waals surface area contributed by atoms with Gasteiger partial charge in [0.2, 0.25) is 0 Å². The number of rotatable bonds is 9. The lowest BCUT2D eigenvalue weighted by Crippen LogP contribution is -2.55. The zero-order valence-electron chi connectivity index (χ0n) is 18.4. The van der Waals surface area contributed by atoms with Crippen molar-refractivity contribution >= 4 is 11.9 Å². The molecule has 0 spiro atoms. The van der Waals surface area contributed by atoms with Gasteiger partial charge in [-0.1, -0.05) is 121 Å². The fraction of sp³-hybridized carbons (Fsp3) is 0.103. The monoisotopic (exact) mass is 451 g/mol. The summed E-state index contributed by atoms with van der Waals surface area (Å²) in [4.78, 5) is 25.1. The molecule has 0 saturated heterocycles. The first-order valence-corrected chi connectivity index (χ1v) is 11.0. The molecule has 170 valence electrons. The third-order valence-corrected chi connectivity index (χ3v) is 6.02. The third kappa shape index (κ3) is 4.47. The molecule has 4 aromatic rings. The molecule has 0 aliphatic heterocycles. The van der Waals surface area contributed by atoms with Gasteiger partial charge < -0.3 is 10.2 Å². The number of carboxylic acid groups (broad SMARTS) is 2. The molecule has 0 amide bonds. The van der Waals surface area contributed by atoms with Crippen molar-refractivity contribution in [1.82, 2.24) is 5.32 Å². The number of benzene rings is 4. The lowest BCUT2D eigenvalue weighted by atomic mass is 9.75. The Balaban J connectivity index is 1.98. The lowest BCUT2D eigenvalue weighted by molar-refractivity contribution is -0.148. The SMILES string of the molecule is O=C(O)C(NC(c1ccccc1)(c1ccccc1)c1ccccc1)C(C(=O)O)c1ccccc1. The minimum atomic E-state index is -1.43. The molecule has 5 nitrogen and oxygen atoms in total. The van der Waals surface area contributed by atoms with Crippen molar-refractivity contribution in [3.63, 3.8) is 0 Å². The predicted molar refractivity (Wildman–Crippen MR) is 131 cm³/mol. The summed E-state index contributed by atoms with van der Waals surface area (Å²) in [5, 5.41) is 23.8. The first kappa shape index (κ1) is 23.0. The summed E-state index contributed by atoms with van der Waals surface area (Å²) in [5.41, 5.74) is 1.70. The van der Waals surface area contributed by atoms with Crippen molar-refractivity contribution in [2.24, 2.45) is 0 Å². The second kappa shape index (κ2) is 10.1. The summed E-state index contributed by atoms with van der Waals surface area (Å²) in [5.74, 6) is -3.77. The standard InChI is InChI=1S/C29H25NO4/c31-27(32)25(21-13-5-1-6-14-21)26(28(33)34)30-29(22-15-7-2-8-16-22,23-17-9-3-10-18-23)24-19-11-4-12-20-24/h1-20,25-26,30H,(H,31,32)(H,33,34). The number of carbonyl (C=O) groups is 2. The van der Waals surface area contributed by atoms with Gasteiger partial charge in [-0.2, -0.15) is 0 Å². The number of aliphatic carboxylic acids is 2. The Morgan fingerprint density at radius 2 is 0.912 bits per heavy atom. The van der Waals surface area contributed by atoms with Crippen molar-refractivity contribution < 1.29 is 19.8 Å². The summed E-state index contributed by atoms with van der Waals surface area (Å²) in [6.45, 7) is 0. The van der Waals surface area contributed by atoms with Crippen LogP contribution in [0.25, 0.3) is 0 Å². The van der Waals surface area contributed by atoms with E-state index in [0.717, 1.165) is 16.7 Å². The van der Waals surface area contributed by atoms with Gasteiger partial charge in [-0.3, -0.25) is 14.9 Å². The van der Waals surface area contributed by atoms with Crippen LogP contribution in [0.5, 0.6) is 0 Å². The largest absolute Gasteiger partial charge is 0.481 e. The molecule has 2 atom stereocenters. The molecule has 0 saturated carbocycles. The van der Waals surface area contributed by atoms with Crippen LogP contribution in [0.3, 0.4) is 0 Å². The summed E-state index contributed by atoms with van der Waals surface area (Å²) in [7, 11) is 0. The summed E-state index contributed by atoms with van der Waals surface area (Å²) < 4.78 is 0. The van der Waals surface area contributed by atoms with E-state index in [9.17, 15) is 19.8 Å². The zero-order valence-corrected chi connectivity index (χ0v) is 18.4. The average molecular weight is 452 g/mol. The van der Waals surface area contributed by atoms with Crippen LogP contribution in [0, 0.1) is 0 Å². The molecule has 2 unspecified atom stereocenters. The van der Waals surface area contributed by atoms with Crippen LogP contribution >= 0.6 is 0 Å². The van der Waals surface area contributed by atoms with E-state index in [1.54, 1.807) is 30.3 Å². The predicted octanol–water partition coefficient (Wildman–Crippen LogP) is 4.89. The van der Waals surface area contributed by atoms with E-state index in [0.29, 0.717) is 5.56 Å². The smallest absolute Gasteiger partial charge is 0.321 e. The van der Waals surface area contributed by atoms with Crippen LogP contribution in [0.4, 0.5) is 0 Å². The number of hydrogen-bond donors (Lipinski definition) is 3. The molecular weight excluding hydrogens is 426 g/mol. The molecule has 4 aromatic carbocycles. The summed E-state index contributed by atoms with van der Waals surface area (Å²) >= 11 is 0. The number of nitrogens with one attached hydrogen (secondary N) is 1. The van der Waals surface area contributed by atoms with E-state index < -0.39 is 29.4 Å². The first-order chi connectivity index (χ1) is 16.5. The lowest BCUT2D eigenvalue weighted by Gasteiger charge is -2.40. The molecule has 5 heteroatoms. The molecule has 0 aliphatic carbocycles. The van der Waals surface area contributed by atoms with Gasteiger partial charge in [0.05, 0.1) is 5.54 Å². The van der Waals surface area contributed by atoms with Crippen molar-refractivity contribution in [2.75, 3.05) is 0 Å². The van der Waals surface area contributed by atoms with Gasteiger partial charge in [-0.15, -0.1) is 0 Å². The molecule has 0 aliphatic rings. The number of hydrogen-bond acceptors (Lipinski definition) is 3. The minimum Gasteiger partial charge on any atom is -0.481 e. The highest BCUT2D eigenvalue weighted by Gasteiger charge is 2.44. The quantitative estimate of drug-likeness (QED) is 0.316. The Bertz CT molecular complexity index is 1130. The van der Waals surface area contributed by atoms with Crippen LogP contribution in [0.15, 0.2) is 121 Å². The molecule has 0 aromatic heterocycles. The molecule has 3 N–H and O–H groups in total. The van der Waals surface area contributed by atoms with Crippen LogP contribution in [0.2, 0.25) is 0 Å². The highest BCUT2D eigenvalue weighted by molar-refractivity contribution is 5.87. The van der Waals surface area contributed by atoms with Crippen LogP contribution in [0.1, 0.15) is 28.2 Å². The van der Waals surface area contributed by atoms with Crippen molar-refractivity contribution in [3.05, 3.63) is 144 Å². The Morgan fingerprint density at radius 3 is 1.24 bits per heavy atom. The van der Waals surface area contributed by atoms with E-state index in [1.165, 1.54) is 0 Å². The Hall–Kier alpha value is -4.22. The topological polar surface area (TPSA) is 86.6 Å². The maximum Gasteiger partial charge on any atom is 0.321 e. The van der Waals surface area contributed by atoms with E-state index in [2.05, 4.69) is 5.32 Å². The molecular formula is C29H25NO4. The second-order valence-corrected chi connectivity index (χ2v) is 8.03. The van der Waals surface area contributed by atoms with Gasteiger partial charge in [-0.25, -0.2) is 0 Å². The Morgan fingerprint density at radius 1 is 0.559 bits per heavy atom. The third-order valence-electron chi connectivity index (χ3n) is 6.02. The van der Waals surface area contributed by atoms with Crippen molar-refractivity contribution in [2.45, 2.75) is 17.5 Å². The van der Waals surface area contributed by atoms with Crippen LogP contribution < -0.4 is 5.32 Å². The normalized spacial score (nSPS) is 13.1. The molecule has 4 rings (SSSR count). The Kier molecular flexibility index (Phi) is 6.85. The highest BCUT2D eigenvalue weighted by atomic mass is 16.4. The summed E-state index contributed by atoms with van der Waals surface area (Å²) in [6, 6.07) is 35.6. The van der Waals surface area contributed by atoms with Gasteiger partial charge in [0.15, 0.2) is 0 Å². The van der Waals surface area contributed by atoms with Gasteiger partial charge >= 0.3 is 11.9 Å².